The number of amides is 1. The number of benzene rings is 2. The number of aromatic nitrogens is 2. The Hall–Kier alpha value is -3.19. The number of carbonyl (C=O) groups is 1. The summed E-state index contributed by atoms with van der Waals surface area (Å²) < 4.78 is 14.6. The summed E-state index contributed by atoms with van der Waals surface area (Å²) in [6, 6.07) is 13.0. The van der Waals surface area contributed by atoms with Crippen LogP contribution in [0.15, 0.2) is 64.3 Å². The van der Waals surface area contributed by atoms with Crippen molar-refractivity contribution in [2.24, 2.45) is 0 Å². The number of halogens is 2. The Kier molecular flexibility index (Phi) is 6.06. The molecule has 0 unspecified atom stereocenters. The molecule has 0 fully saturated rings. The Morgan fingerprint density at radius 3 is 2.54 bits per heavy atom. The third-order valence-corrected chi connectivity index (χ3v) is 4.46. The molecule has 6 nitrogen and oxygen atoms in total. The predicted octanol–water partition coefficient (Wildman–Crippen LogP) is 2.35. The van der Waals surface area contributed by atoms with Crippen LogP contribution in [0, 0.1) is 5.82 Å². The highest BCUT2D eigenvalue weighted by Crippen LogP contribution is 2.09. The van der Waals surface area contributed by atoms with Crippen molar-refractivity contribution in [2.75, 3.05) is 6.54 Å². The van der Waals surface area contributed by atoms with Gasteiger partial charge in [-0.3, -0.25) is 14.2 Å². The molecular formula is C20H17ClFN3O3. The molecule has 0 aliphatic heterocycles. The fraction of sp³-hybridized carbons (Fsp3) is 0.150. The van der Waals surface area contributed by atoms with Gasteiger partial charge < -0.3 is 10.3 Å². The first-order chi connectivity index (χ1) is 13.5. The molecule has 0 radical (unpaired) electrons. The number of aromatic amines is 1. The second-order valence-corrected chi connectivity index (χ2v) is 6.56. The average molecular weight is 402 g/mol. The molecule has 28 heavy (non-hydrogen) atoms. The van der Waals surface area contributed by atoms with Gasteiger partial charge in [-0.25, -0.2) is 9.18 Å². The van der Waals surface area contributed by atoms with E-state index in [4.69, 9.17) is 11.6 Å². The van der Waals surface area contributed by atoms with Crippen molar-refractivity contribution in [2.45, 2.75) is 13.0 Å². The van der Waals surface area contributed by atoms with E-state index in [0.29, 0.717) is 18.0 Å². The minimum atomic E-state index is -0.781. The number of rotatable bonds is 6. The quantitative estimate of drug-likeness (QED) is 0.665. The van der Waals surface area contributed by atoms with E-state index >= 15 is 0 Å². The number of hydrogen-bond donors (Lipinski definition) is 2. The van der Waals surface area contributed by atoms with Crippen molar-refractivity contribution >= 4 is 17.5 Å². The van der Waals surface area contributed by atoms with Crippen LogP contribution >= 0.6 is 11.6 Å². The fourth-order valence-corrected chi connectivity index (χ4v) is 2.81. The summed E-state index contributed by atoms with van der Waals surface area (Å²) in [5.41, 5.74) is -0.562. The van der Waals surface area contributed by atoms with Crippen LogP contribution in [0.4, 0.5) is 4.39 Å². The number of hydrogen-bond acceptors (Lipinski definition) is 3. The third kappa shape index (κ3) is 4.55. The molecule has 1 heterocycles. The maximum Gasteiger partial charge on any atom is 0.328 e. The van der Waals surface area contributed by atoms with Crippen LogP contribution in [0.2, 0.25) is 5.02 Å². The lowest BCUT2D eigenvalue weighted by Crippen LogP contribution is -2.41. The van der Waals surface area contributed by atoms with Crippen molar-refractivity contribution in [1.82, 2.24) is 14.9 Å². The van der Waals surface area contributed by atoms with Crippen LogP contribution in [0.5, 0.6) is 0 Å². The molecular weight excluding hydrogens is 385 g/mol. The van der Waals surface area contributed by atoms with Gasteiger partial charge in [0, 0.05) is 23.3 Å². The van der Waals surface area contributed by atoms with E-state index in [2.05, 4.69) is 10.3 Å². The molecule has 2 N–H and O–H groups in total. The van der Waals surface area contributed by atoms with E-state index in [9.17, 15) is 18.8 Å². The first-order valence-corrected chi connectivity index (χ1v) is 8.92. The third-order valence-electron chi connectivity index (χ3n) is 4.20. The van der Waals surface area contributed by atoms with Crippen LogP contribution in [-0.4, -0.2) is 22.0 Å². The van der Waals surface area contributed by atoms with Gasteiger partial charge in [-0.1, -0.05) is 41.9 Å². The maximum absolute atomic E-state index is 13.8. The topological polar surface area (TPSA) is 84.0 Å². The minimum absolute atomic E-state index is 0.176. The van der Waals surface area contributed by atoms with E-state index < -0.39 is 23.0 Å². The second-order valence-electron chi connectivity index (χ2n) is 6.12. The SMILES string of the molecule is O=C(NCCc1ccc(Cl)cc1)c1c[nH]c(=O)n(Cc2ccccc2F)c1=O. The van der Waals surface area contributed by atoms with E-state index in [0.717, 1.165) is 16.3 Å². The van der Waals surface area contributed by atoms with E-state index in [1.807, 2.05) is 12.1 Å². The summed E-state index contributed by atoms with van der Waals surface area (Å²) >= 11 is 5.83. The lowest BCUT2D eigenvalue weighted by molar-refractivity contribution is 0.0951. The monoisotopic (exact) mass is 401 g/mol. The van der Waals surface area contributed by atoms with Gasteiger partial charge in [0.25, 0.3) is 11.5 Å². The highest BCUT2D eigenvalue weighted by atomic mass is 35.5. The fourth-order valence-electron chi connectivity index (χ4n) is 2.68. The van der Waals surface area contributed by atoms with Gasteiger partial charge in [-0.05, 0) is 30.2 Å². The number of nitrogens with one attached hydrogen (secondary N) is 2. The Balaban J connectivity index is 1.74. The lowest BCUT2D eigenvalue weighted by Gasteiger charge is -2.09. The molecule has 0 atom stereocenters. The second kappa shape index (κ2) is 8.67. The van der Waals surface area contributed by atoms with Crippen molar-refractivity contribution in [1.29, 1.82) is 0 Å². The number of nitrogens with zero attached hydrogens (tertiary/aromatic N) is 1. The van der Waals surface area contributed by atoms with Gasteiger partial charge in [0.15, 0.2) is 0 Å². The number of carbonyl (C=O) groups excluding carboxylic acids is 1. The normalized spacial score (nSPS) is 10.6. The summed E-state index contributed by atoms with van der Waals surface area (Å²) in [5.74, 6) is -1.15. The van der Waals surface area contributed by atoms with E-state index in [1.165, 1.54) is 18.2 Å². The lowest BCUT2D eigenvalue weighted by atomic mass is 10.1. The van der Waals surface area contributed by atoms with Crippen molar-refractivity contribution in [3.8, 4) is 0 Å². The van der Waals surface area contributed by atoms with Crippen LogP contribution < -0.4 is 16.6 Å². The van der Waals surface area contributed by atoms with Gasteiger partial charge >= 0.3 is 5.69 Å². The van der Waals surface area contributed by atoms with Crippen LogP contribution in [-0.2, 0) is 13.0 Å². The van der Waals surface area contributed by atoms with Crippen molar-refractivity contribution in [3.63, 3.8) is 0 Å². The van der Waals surface area contributed by atoms with Gasteiger partial charge in [-0.15, -0.1) is 0 Å². The summed E-state index contributed by atoms with van der Waals surface area (Å²) in [5, 5.41) is 3.27. The highest BCUT2D eigenvalue weighted by molar-refractivity contribution is 6.30. The van der Waals surface area contributed by atoms with Crippen LogP contribution in [0.25, 0.3) is 0 Å². The molecule has 8 heteroatoms. The molecule has 3 rings (SSSR count). The zero-order valence-corrected chi connectivity index (χ0v) is 15.5. The molecule has 0 saturated carbocycles. The van der Waals surface area contributed by atoms with Crippen molar-refractivity contribution < 1.29 is 9.18 Å². The molecule has 1 aromatic heterocycles. The molecule has 0 saturated heterocycles. The van der Waals surface area contributed by atoms with Gasteiger partial charge in [0.1, 0.15) is 11.4 Å². The molecule has 0 aliphatic rings. The minimum Gasteiger partial charge on any atom is -0.351 e. The summed E-state index contributed by atoms with van der Waals surface area (Å²) in [6.45, 7) is 0.0269. The smallest absolute Gasteiger partial charge is 0.328 e. The Bertz CT molecular complexity index is 1110. The zero-order valence-electron chi connectivity index (χ0n) is 14.7. The van der Waals surface area contributed by atoms with Gasteiger partial charge in [0.2, 0.25) is 0 Å². The Morgan fingerprint density at radius 1 is 1.11 bits per heavy atom. The molecule has 0 bridgehead atoms. The predicted molar refractivity (Wildman–Crippen MR) is 104 cm³/mol. The Labute approximate surface area is 164 Å². The molecule has 3 aromatic rings. The number of H-pyrrole nitrogens is 1. The molecule has 0 spiro atoms. The standard InChI is InChI=1S/C20H17ClFN3O3/c21-15-7-5-13(6-8-15)9-10-23-18(26)16-11-24-20(28)25(19(16)27)12-14-3-1-2-4-17(14)22/h1-8,11H,9-10,12H2,(H,23,26)(H,24,28). The highest BCUT2D eigenvalue weighted by Gasteiger charge is 2.15. The van der Waals surface area contributed by atoms with E-state index in [1.54, 1.807) is 18.2 Å². The zero-order chi connectivity index (χ0) is 20.1. The molecule has 0 aliphatic carbocycles. The first-order valence-electron chi connectivity index (χ1n) is 8.54. The summed E-state index contributed by atoms with van der Waals surface area (Å²) in [7, 11) is 0. The van der Waals surface area contributed by atoms with Crippen molar-refractivity contribution in [3.05, 3.63) is 103 Å². The molecule has 2 aromatic carbocycles. The molecule has 1 amide bonds. The van der Waals surface area contributed by atoms with Crippen LogP contribution in [0.1, 0.15) is 21.5 Å². The van der Waals surface area contributed by atoms with Gasteiger partial charge in [0.05, 0.1) is 6.54 Å². The first kappa shape index (κ1) is 19.6. The largest absolute Gasteiger partial charge is 0.351 e. The molecule has 144 valence electrons. The van der Waals surface area contributed by atoms with Gasteiger partial charge in [-0.2, -0.15) is 0 Å². The van der Waals surface area contributed by atoms with E-state index in [-0.39, 0.29) is 17.7 Å². The Morgan fingerprint density at radius 2 is 1.82 bits per heavy atom. The average Bonchev–Trinajstić information content (AvgIpc) is 2.68. The maximum atomic E-state index is 13.8. The summed E-state index contributed by atoms with van der Waals surface area (Å²) in [6.07, 6.45) is 1.62. The summed E-state index contributed by atoms with van der Waals surface area (Å²) in [4.78, 5) is 39.3. The van der Waals surface area contributed by atoms with Crippen LogP contribution in [0.3, 0.4) is 0 Å².